The van der Waals surface area contributed by atoms with Gasteiger partial charge in [0.1, 0.15) is 12.6 Å². The number of carbonyl (C=O) groups excluding carboxylic acids is 2. The van der Waals surface area contributed by atoms with Gasteiger partial charge in [-0.3, -0.25) is 13.9 Å². The summed E-state index contributed by atoms with van der Waals surface area (Å²) in [5.41, 5.74) is 2.95. The summed E-state index contributed by atoms with van der Waals surface area (Å²) in [6.07, 6.45) is 1.03. The van der Waals surface area contributed by atoms with Gasteiger partial charge in [-0.2, -0.15) is 0 Å². The van der Waals surface area contributed by atoms with Gasteiger partial charge >= 0.3 is 0 Å². The van der Waals surface area contributed by atoms with Crippen LogP contribution in [0.15, 0.2) is 42.5 Å². The maximum absolute atomic E-state index is 13.4. The third kappa shape index (κ3) is 6.71. The first-order valence-electron chi connectivity index (χ1n) is 10.3. The van der Waals surface area contributed by atoms with Crippen molar-refractivity contribution in [3.8, 4) is 0 Å². The average Bonchev–Trinajstić information content (AvgIpc) is 2.71. The van der Waals surface area contributed by atoms with Crippen LogP contribution in [0.1, 0.15) is 30.5 Å². The zero-order valence-electron chi connectivity index (χ0n) is 19.1. The molecule has 0 bridgehead atoms. The number of nitrogens with zero attached hydrogens (tertiary/aromatic N) is 2. The van der Waals surface area contributed by atoms with Gasteiger partial charge in [0.25, 0.3) is 0 Å². The molecule has 0 saturated carbocycles. The van der Waals surface area contributed by atoms with Gasteiger partial charge in [0.05, 0.1) is 11.9 Å². The highest BCUT2D eigenvalue weighted by molar-refractivity contribution is 7.92. The van der Waals surface area contributed by atoms with Gasteiger partial charge in [-0.25, -0.2) is 8.42 Å². The molecule has 0 aliphatic carbocycles. The minimum absolute atomic E-state index is 0.172. The topological polar surface area (TPSA) is 86.8 Å². The maximum Gasteiger partial charge on any atom is 0.244 e. The Bertz CT molecular complexity index is 1090. The predicted octanol–water partition coefficient (Wildman–Crippen LogP) is 3.28. The number of hydrogen-bond acceptors (Lipinski definition) is 4. The van der Waals surface area contributed by atoms with Crippen LogP contribution in [0.4, 0.5) is 5.69 Å². The molecule has 1 N–H and O–H groups in total. The van der Waals surface area contributed by atoms with Crippen LogP contribution in [0.25, 0.3) is 0 Å². The number of hydrogen-bond donors (Lipinski definition) is 1. The second-order valence-electron chi connectivity index (χ2n) is 7.78. The molecule has 0 saturated heterocycles. The van der Waals surface area contributed by atoms with Crippen LogP contribution >= 0.6 is 11.6 Å². The van der Waals surface area contributed by atoms with Crippen LogP contribution in [0.5, 0.6) is 0 Å². The molecule has 0 aliphatic heterocycles. The second kappa shape index (κ2) is 10.8. The van der Waals surface area contributed by atoms with Crippen molar-refractivity contribution in [2.45, 2.75) is 40.3 Å². The number of nitrogens with one attached hydrogen (secondary N) is 1. The lowest BCUT2D eigenvalue weighted by Gasteiger charge is -2.31. The van der Waals surface area contributed by atoms with Gasteiger partial charge in [0.15, 0.2) is 0 Å². The van der Waals surface area contributed by atoms with E-state index in [0.717, 1.165) is 27.3 Å². The number of rotatable bonds is 9. The molecular formula is C23H30ClN3O4S. The van der Waals surface area contributed by atoms with Crippen molar-refractivity contribution in [2.24, 2.45) is 0 Å². The van der Waals surface area contributed by atoms with E-state index in [-0.39, 0.29) is 18.1 Å². The van der Waals surface area contributed by atoms with E-state index in [9.17, 15) is 18.0 Å². The third-order valence-electron chi connectivity index (χ3n) is 5.08. The fraction of sp³-hybridized carbons (Fsp3) is 0.391. The van der Waals surface area contributed by atoms with E-state index >= 15 is 0 Å². The van der Waals surface area contributed by atoms with E-state index in [2.05, 4.69) is 5.32 Å². The maximum atomic E-state index is 13.4. The standard InChI is InChI=1S/C23H30ClN3O4S/c1-6-25-23(29)18(4)26(14-19-9-7-8-16(2)12-19)22(28)15-27(32(5,30)31)20-11-10-17(3)21(24)13-20/h7-13,18H,6,14-15H2,1-5H3,(H,25,29)/t18-/m0/s1. The Kier molecular flexibility index (Phi) is 8.69. The number of sulfonamides is 1. The number of anilines is 1. The molecule has 0 aromatic heterocycles. The molecule has 2 aromatic carbocycles. The summed E-state index contributed by atoms with van der Waals surface area (Å²) in [6.45, 7) is 7.32. The number of likely N-dealkylation sites (N-methyl/N-ethyl adjacent to an activating group) is 1. The summed E-state index contributed by atoms with van der Waals surface area (Å²) >= 11 is 6.19. The summed E-state index contributed by atoms with van der Waals surface area (Å²) in [5.74, 6) is -0.801. The fourth-order valence-electron chi connectivity index (χ4n) is 3.26. The number of benzene rings is 2. The molecule has 0 fully saturated rings. The van der Waals surface area contributed by atoms with E-state index in [1.165, 1.54) is 11.0 Å². The molecule has 2 amide bonds. The van der Waals surface area contributed by atoms with Crippen LogP contribution < -0.4 is 9.62 Å². The minimum atomic E-state index is -3.79. The summed E-state index contributed by atoms with van der Waals surface area (Å²) < 4.78 is 26.1. The Hall–Kier alpha value is -2.58. The van der Waals surface area contributed by atoms with Crippen molar-refractivity contribution >= 4 is 39.1 Å². The molecule has 0 radical (unpaired) electrons. The summed E-state index contributed by atoms with van der Waals surface area (Å²) in [5, 5.41) is 3.12. The van der Waals surface area contributed by atoms with Gasteiger partial charge in [-0.05, 0) is 51.0 Å². The molecule has 7 nitrogen and oxygen atoms in total. The molecule has 0 heterocycles. The molecule has 1 atom stereocenters. The lowest BCUT2D eigenvalue weighted by molar-refractivity contribution is -0.139. The largest absolute Gasteiger partial charge is 0.355 e. The third-order valence-corrected chi connectivity index (χ3v) is 6.62. The minimum Gasteiger partial charge on any atom is -0.355 e. The van der Waals surface area contributed by atoms with Crippen molar-refractivity contribution in [3.05, 3.63) is 64.2 Å². The normalized spacial score (nSPS) is 12.2. The van der Waals surface area contributed by atoms with E-state index in [4.69, 9.17) is 11.6 Å². The van der Waals surface area contributed by atoms with Gasteiger partial charge in [0.2, 0.25) is 21.8 Å². The summed E-state index contributed by atoms with van der Waals surface area (Å²) in [6, 6.07) is 11.6. The summed E-state index contributed by atoms with van der Waals surface area (Å²) in [7, 11) is -3.79. The van der Waals surface area contributed by atoms with Crippen molar-refractivity contribution in [1.29, 1.82) is 0 Å². The lowest BCUT2D eigenvalue weighted by atomic mass is 10.1. The van der Waals surface area contributed by atoms with E-state index in [1.807, 2.05) is 31.2 Å². The number of aryl methyl sites for hydroxylation is 2. The van der Waals surface area contributed by atoms with Crippen molar-refractivity contribution < 1.29 is 18.0 Å². The first kappa shape index (κ1) is 25.7. The molecular weight excluding hydrogens is 450 g/mol. The zero-order valence-corrected chi connectivity index (χ0v) is 20.6. The van der Waals surface area contributed by atoms with Crippen LogP contribution in [-0.4, -0.2) is 50.5 Å². The Morgan fingerprint density at radius 2 is 1.81 bits per heavy atom. The highest BCUT2D eigenvalue weighted by Gasteiger charge is 2.30. The first-order chi connectivity index (χ1) is 14.9. The molecule has 174 valence electrons. The highest BCUT2D eigenvalue weighted by atomic mass is 35.5. The fourth-order valence-corrected chi connectivity index (χ4v) is 4.28. The van der Waals surface area contributed by atoms with Gasteiger partial charge in [-0.15, -0.1) is 0 Å². The van der Waals surface area contributed by atoms with Gasteiger partial charge in [0, 0.05) is 18.1 Å². The Morgan fingerprint density at radius 1 is 1.12 bits per heavy atom. The first-order valence-corrected chi connectivity index (χ1v) is 12.5. The van der Waals surface area contributed by atoms with E-state index in [0.29, 0.717) is 11.6 Å². The molecule has 0 aliphatic rings. The second-order valence-corrected chi connectivity index (χ2v) is 10.1. The van der Waals surface area contributed by atoms with Crippen LogP contribution in [0, 0.1) is 13.8 Å². The smallest absolute Gasteiger partial charge is 0.244 e. The van der Waals surface area contributed by atoms with Crippen LogP contribution in [-0.2, 0) is 26.2 Å². The van der Waals surface area contributed by atoms with Gasteiger partial charge < -0.3 is 10.2 Å². The zero-order chi connectivity index (χ0) is 24.1. The lowest BCUT2D eigenvalue weighted by Crippen LogP contribution is -2.51. The number of halogens is 1. The molecule has 2 rings (SSSR count). The van der Waals surface area contributed by atoms with E-state index < -0.39 is 28.5 Å². The van der Waals surface area contributed by atoms with Crippen molar-refractivity contribution in [1.82, 2.24) is 10.2 Å². The van der Waals surface area contributed by atoms with Gasteiger partial charge in [-0.1, -0.05) is 47.5 Å². The Balaban J connectivity index is 2.40. The average molecular weight is 480 g/mol. The molecule has 0 unspecified atom stereocenters. The summed E-state index contributed by atoms with van der Waals surface area (Å²) in [4.78, 5) is 27.3. The predicted molar refractivity (Wildman–Crippen MR) is 128 cm³/mol. The monoisotopic (exact) mass is 479 g/mol. The van der Waals surface area contributed by atoms with Crippen molar-refractivity contribution in [2.75, 3.05) is 23.7 Å². The SMILES string of the molecule is CCNC(=O)[C@H](C)N(Cc1cccc(C)c1)C(=O)CN(c1ccc(C)c(Cl)c1)S(C)(=O)=O. The molecule has 9 heteroatoms. The quantitative estimate of drug-likeness (QED) is 0.598. The Morgan fingerprint density at radius 3 is 2.38 bits per heavy atom. The molecule has 0 spiro atoms. The molecule has 32 heavy (non-hydrogen) atoms. The van der Waals surface area contributed by atoms with Crippen LogP contribution in [0.2, 0.25) is 5.02 Å². The van der Waals surface area contributed by atoms with Crippen molar-refractivity contribution in [3.63, 3.8) is 0 Å². The number of carbonyl (C=O) groups is 2. The van der Waals surface area contributed by atoms with E-state index in [1.54, 1.807) is 32.9 Å². The number of amides is 2. The highest BCUT2D eigenvalue weighted by Crippen LogP contribution is 2.25. The Labute approximate surface area is 195 Å². The molecule has 2 aromatic rings. The van der Waals surface area contributed by atoms with Crippen LogP contribution in [0.3, 0.4) is 0 Å².